The van der Waals surface area contributed by atoms with E-state index in [1.807, 2.05) is 45.0 Å². The summed E-state index contributed by atoms with van der Waals surface area (Å²) in [4.78, 5) is 33.9. The molecule has 6 heteroatoms. The van der Waals surface area contributed by atoms with Gasteiger partial charge in [-0.3, -0.25) is 14.6 Å². The standard InChI is InChI=1S/C21H23N3O3/c1-4-27-18-5-6-19-16(12-18)11-17(20(25)23-19)13-24(14(2)3)21(26)15-7-9-22-10-8-15/h5-12,14H,4,13H2,1-3H3,(H,23,25). The van der Waals surface area contributed by atoms with Crippen LogP contribution in [-0.2, 0) is 6.54 Å². The van der Waals surface area contributed by atoms with Gasteiger partial charge in [0.25, 0.3) is 11.5 Å². The number of aromatic nitrogens is 2. The number of ether oxygens (including phenoxy) is 1. The van der Waals surface area contributed by atoms with E-state index in [9.17, 15) is 9.59 Å². The molecule has 2 heterocycles. The molecule has 0 saturated carbocycles. The highest BCUT2D eigenvalue weighted by molar-refractivity contribution is 5.94. The molecule has 3 aromatic rings. The number of fused-ring (bicyclic) bond motifs is 1. The quantitative estimate of drug-likeness (QED) is 0.727. The molecule has 0 unspecified atom stereocenters. The van der Waals surface area contributed by atoms with E-state index in [0.29, 0.717) is 17.7 Å². The summed E-state index contributed by atoms with van der Waals surface area (Å²) >= 11 is 0. The Balaban J connectivity index is 1.95. The molecule has 1 N–H and O–H groups in total. The first-order valence-corrected chi connectivity index (χ1v) is 8.99. The number of nitrogens with zero attached hydrogens (tertiary/aromatic N) is 2. The molecule has 0 fully saturated rings. The van der Waals surface area contributed by atoms with Gasteiger partial charge >= 0.3 is 0 Å². The molecule has 1 amide bonds. The number of hydrogen-bond acceptors (Lipinski definition) is 4. The first-order chi connectivity index (χ1) is 13.0. The Morgan fingerprint density at radius 1 is 1.19 bits per heavy atom. The van der Waals surface area contributed by atoms with Crippen LogP contribution in [0.4, 0.5) is 0 Å². The number of H-pyrrole nitrogens is 1. The second-order valence-corrected chi connectivity index (χ2v) is 6.57. The highest BCUT2D eigenvalue weighted by Gasteiger charge is 2.20. The zero-order valence-corrected chi connectivity index (χ0v) is 15.7. The van der Waals surface area contributed by atoms with Gasteiger partial charge in [-0.05, 0) is 57.2 Å². The van der Waals surface area contributed by atoms with Gasteiger partial charge in [0.1, 0.15) is 5.75 Å². The lowest BCUT2D eigenvalue weighted by molar-refractivity contribution is 0.0689. The minimum Gasteiger partial charge on any atom is -0.494 e. The van der Waals surface area contributed by atoms with Crippen molar-refractivity contribution in [3.05, 3.63) is 70.3 Å². The number of nitrogens with one attached hydrogen (secondary N) is 1. The third-order valence-electron chi connectivity index (χ3n) is 4.36. The summed E-state index contributed by atoms with van der Waals surface area (Å²) in [6.45, 7) is 6.59. The molecule has 1 aromatic carbocycles. The Labute approximate surface area is 157 Å². The summed E-state index contributed by atoms with van der Waals surface area (Å²) in [5.74, 6) is 0.617. The van der Waals surface area contributed by atoms with Crippen LogP contribution in [0.3, 0.4) is 0 Å². The van der Waals surface area contributed by atoms with Crippen molar-refractivity contribution >= 4 is 16.8 Å². The van der Waals surface area contributed by atoms with Crippen LogP contribution in [0.15, 0.2) is 53.6 Å². The Hall–Kier alpha value is -3.15. The van der Waals surface area contributed by atoms with E-state index in [2.05, 4.69) is 9.97 Å². The minimum atomic E-state index is -0.195. The summed E-state index contributed by atoms with van der Waals surface area (Å²) < 4.78 is 5.54. The molecule has 0 saturated heterocycles. The predicted octanol–water partition coefficient (Wildman–Crippen LogP) is 3.37. The molecule has 2 aromatic heterocycles. The summed E-state index contributed by atoms with van der Waals surface area (Å²) in [7, 11) is 0. The monoisotopic (exact) mass is 365 g/mol. The van der Waals surface area contributed by atoms with Crippen LogP contribution in [0.2, 0.25) is 0 Å². The van der Waals surface area contributed by atoms with Crippen LogP contribution < -0.4 is 10.3 Å². The molecular formula is C21H23N3O3. The molecule has 0 bridgehead atoms. The Kier molecular flexibility index (Phi) is 5.54. The zero-order chi connectivity index (χ0) is 19.4. The second-order valence-electron chi connectivity index (χ2n) is 6.57. The minimum absolute atomic E-state index is 0.0597. The number of rotatable bonds is 6. The molecule has 0 atom stereocenters. The van der Waals surface area contributed by atoms with E-state index < -0.39 is 0 Å². The van der Waals surface area contributed by atoms with Crippen LogP contribution >= 0.6 is 0 Å². The fourth-order valence-corrected chi connectivity index (χ4v) is 2.94. The molecular weight excluding hydrogens is 342 g/mol. The summed E-state index contributed by atoms with van der Waals surface area (Å²) in [5, 5.41) is 0.871. The Morgan fingerprint density at radius 3 is 2.59 bits per heavy atom. The van der Waals surface area contributed by atoms with E-state index >= 15 is 0 Å². The lowest BCUT2D eigenvalue weighted by Gasteiger charge is -2.26. The van der Waals surface area contributed by atoms with Crippen molar-refractivity contribution in [3.8, 4) is 5.75 Å². The van der Waals surface area contributed by atoms with E-state index in [4.69, 9.17) is 4.74 Å². The van der Waals surface area contributed by atoms with Crippen LogP contribution in [0.5, 0.6) is 5.75 Å². The molecule has 27 heavy (non-hydrogen) atoms. The lowest BCUT2D eigenvalue weighted by atomic mass is 10.1. The van der Waals surface area contributed by atoms with Gasteiger partial charge in [-0.1, -0.05) is 0 Å². The third kappa shape index (κ3) is 4.16. The molecule has 0 aliphatic carbocycles. The van der Waals surface area contributed by atoms with Gasteiger partial charge in [0.15, 0.2) is 0 Å². The number of amides is 1. The van der Waals surface area contributed by atoms with Gasteiger partial charge in [-0.25, -0.2) is 0 Å². The van der Waals surface area contributed by atoms with Crippen molar-refractivity contribution in [1.29, 1.82) is 0 Å². The number of carbonyl (C=O) groups is 1. The van der Waals surface area contributed by atoms with Crippen LogP contribution in [0.25, 0.3) is 10.9 Å². The summed E-state index contributed by atoms with van der Waals surface area (Å²) in [6, 6.07) is 10.7. The SMILES string of the molecule is CCOc1ccc2[nH]c(=O)c(CN(C(=O)c3ccncc3)C(C)C)cc2c1. The molecule has 3 rings (SSSR count). The first kappa shape index (κ1) is 18.6. The average molecular weight is 365 g/mol. The van der Waals surface area contributed by atoms with Crippen LogP contribution in [0.1, 0.15) is 36.7 Å². The number of hydrogen-bond donors (Lipinski definition) is 1. The molecule has 140 valence electrons. The maximum atomic E-state index is 12.9. The maximum Gasteiger partial charge on any atom is 0.254 e. The average Bonchev–Trinajstić information content (AvgIpc) is 2.66. The summed E-state index contributed by atoms with van der Waals surface area (Å²) in [5.41, 5.74) is 1.63. The van der Waals surface area contributed by atoms with Gasteiger partial charge in [-0.15, -0.1) is 0 Å². The second kappa shape index (κ2) is 8.03. The maximum absolute atomic E-state index is 12.9. The summed E-state index contributed by atoms with van der Waals surface area (Å²) in [6.07, 6.45) is 3.17. The molecule has 0 radical (unpaired) electrons. The molecule has 6 nitrogen and oxygen atoms in total. The Bertz CT molecular complexity index is 996. The van der Waals surface area contributed by atoms with E-state index in [1.54, 1.807) is 29.4 Å². The fraction of sp³-hybridized carbons (Fsp3) is 0.286. The van der Waals surface area contributed by atoms with E-state index in [0.717, 1.165) is 16.7 Å². The van der Waals surface area contributed by atoms with Crippen LogP contribution in [-0.4, -0.2) is 33.4 Å². The van der Waals surface area contributed by atoms with Crippen molar-refractivity contribution in [2.24, 2.45) is 0 Å². The van der Waals surface area contributed by atoms with Crippen molar-refractivity contribution < 1.29 is 9.53 Å². The number of pyridine rings is 2. The third-order valence-corrected chi connectivity index (χ3v) is 4.36. The molecule has 0 aliphatic rings. The number of aromatic amines is 1. The van der Waals surface area contributed by atoms with Gasteiger partial charge < -0.3 is 14.6 Å². The van der Waals surface area contributed by atoms with E-state index in [1.165, 1.54) is 0 Å². The number of benzene rings is 1. The van der Waals surface area contributed by atoms with E-state index in [-0.39, 0.29) is 24.1 Å². The molecule has 0 spiro atoms. The molecule has 0 aliphatic heterocycles. The number of carbonyl (C=O) groups excluding carboxylic acids is 1. The van der Waals surface area contributed by atoms with Gasteiger partial charge in [0.2, 0.25) is 0 Å². The predicted molar refractivity (Wildman–Crippen MR) is 105 cm³/mol. The van der Waals surface area contributed by atoms with Gasteiger partial charge in [-0.2, -0.15) is 0 Å². The fourth-order valence-electron chi connectivity index (χ4n) is 2.94. The topological polar surface area (TPSA) is 75.3 Å². The van der Waals surface area contributed by atoms with Gasteiger partial charge in [0.05, 0.1) is 13.2 Å². The van der Waals surface area contributed by atoms with Crippen molar-refractivity contribution in [2.75, 3.05) is 6.61 Å². The normalized spacial score (nSPS) is 11.0. The highest BCUT2D eigenvalue weighted by atomic mass is 16.5. The first-order valence-electron chi connectivity index (χ1n) is 8.99. The van der Waals surface area contributed by atoms with Crippen molar-refractivity contribution in [1.82, 2.24) is 14.9 Å². The van der Waals surface area contributed by atoms with Crippen molar-refractivity contribution in [2.45, 2.75) is 33.4 Å². The lowest BCUT2D eigenvalue weighted by Crippen LogP contribution is -2.38. The largest absolute Gasteiger partial charge is 0.494 e. The highest BCUT2D eigenvalue weighted by Crippen LogP contribution is 2.20. The smallest absolute Gasteiger partial charge is 0.254 e. The van der Waals surface area contributed by atoms with Crippen LogP contribution in [0, 0.1) is 0 Å². The van der Waals surface area contributed by atoms with Gasteiger partial charge in [0, 0.05) is 40.5 Å². The zero-order valence-electron chi connectivity index (χ0n) is 15.7. The van der Waals surface area contributed by atoms with Crippen molar-refractivity contribution in [3.63, 3.8) is 0 Å². The Morgan fingerprint density at radius 2 is 1.93 bits per heavy atom.